The molecule has 0 spiro atoms. The van der Waals surface area contributed by atoms with Gasteiger partial charge in [-0.05, 0) is 36.1 Å². The lowest BCUT2D eigenvalue weighted by atomic mass is 9.98. The first kappa shape index (κ1) is 20.8. The van der Waals surface area contributed by atoms with Gasteiger partial charge in [0.05, 0.1) is 11.9 Å². The summed E-state index contributed by atoms with van der Waals surface area (Å²) in [6.07, 6.45) is 0.987. The molecule has 5 nitrogen and oxygen atoms in total. The van der Waals surface area contributed by atoms with Crippen molar-refractivity contribution in [3.63, 3.8) is 0 Å². The maximum atomic E-state index is 13.8. The molecule has 2 rings (SSSR count). The van der Waals surface area contributed by atoms with Crippen LogP contribution < -0.4 is 9.62 Å². The Morgan fingerprint density at radius 1 is 1.11 bits per heavy atom. The molecule has 2 aromatic rings. The fraction of sp³-hybridized carbons (Fsp3) is 0.316. The molecular weight excluding hydrogens is 374 g/mol. The topological polar surface area (TPSA) is 66.5 Å². The minimum atomic E-state index is -3.82. The van der Waals surface area contributed by atoms with Gasteiger partial charge in [-0.25, -0.2) is 17.2 Å². The minimum absolute atomic E-state index is 0.0104. The molecule has 0 aromatic heterocycles. The van der Waals surface area contributed by atoms with Crippen LogP contribution in [-0.2, 0) is 14.8 Å². The zero-order valence-corrected chi connectivity index (χ0v) is 16.4. The van der Waals surface area contributed by atoms with E-state index in [2.05, 4.69) is 5.32 Å². The molecule has 0 aliphatic heterocycles. The molecule has 0 atom stereocenters. The molecule has 0 heterocycles. The quantitative estimate of drug-likeness (QED) is 0.808. The number of hydrogen-bond donors (Lipinski definition) is 1. The first-order valence-corrected chi connectivity index (χ1v) is 10.2. The molecule has 0 aliphatic rings. The monoisotopic (exact) mass is 396 g/mol. The Bertz CT molecular complexity index is 939. The molecule has 0 aliphatic carbocycles. The molecule has 2 aromatic carbocycles. The highest BCUT2D eigenvalue weighted by Crippen LogP contribution is 2.32. The summed E-state index contributed by atoms with van der Waals surface area (Å²) in [4.78, 5) is 12.4. The second-order valence-corrected chi connectivity index (χ2v) is 8.49. The van der Waals surface area contributed by atoms with Gasteiger partial charge in [0.1, 0.15) is 23.9 Å². The number of nitrogens with one attached hydrogen (secondary N) is 1. The van der Waals surface area contributed by atoms with Crippen molar-refractivity contribution in [3.8, 4) is 0 Å². The second-order valence-electron chi connectivity index (χ2n) is 6.58. The lowest BCUT2D eigenvalue weighted by Gasteiger charge is -2.27. The molecule has 146 valence electrons. The average molecular weight is 396 g/mol. The van der Waals surface area contributed by atoms with Crippen LogP contribution >= 0.6 is 0 Å². The number of sulfonamides is 1. The summed E-state index contributed by atoms with van der Waals surface area (Å²) >= 11 is 0. The van der Waals surface area contributed by atoms with Crippen LogP contribution in [0.4, 0.5) is 20.2 Å². The van der Waals surface area contributed by atoms with Gasteiger partial charge in [0.25, 0.3) is 0 Å². The van der Waals surface area contributed by atoms with Crippen molar-refractivity contribution in [2.24, 2.45) is 0 Å². The molecule has 27 heavy (non-hydrogen) atoms. The van der Waals surface area contributed by atoms with E-state index in [1.54, 1.807) is 19.1 Å². The van der Waals surface area contributed by atoms with Crippen LogP contribution in [0.3, 0.4) is 0 Å². The molecule has 8 heteroatoms. The number of carbonyl (C=O) groups is 1. The van der Waals surface area contributed by atoms with Crippen molar-refractivity contribution in [1.82, 2.24) is 0 Å². The zero-order chi connectivity index (χ0) is 20.4. The summed E-state index contributed by atoms with van der Waals surface area (Å²) in [5.41, 5.74) is 1.23. The Kier molecular flexibility index (Phi) is 6.20. The maximum Gasteiger partial charge on any atom is 0.245 e. The van der Waals surface area contributed by atoms with Gasteiger partial charge in [0.15, 0.2) is 0 Å². The van der Waals surface area contributed by atoms with E-state index in [1.807, 2.05) is 19.9 Å². The fourth-order valence-electron chi connectivity index (χ4n) is 2.78. The number of halogens is 2. The number of rotatable bonds is 6. The molecule has 0 saturated heterocycles. The molecule has 0 saturated carbocycles. The average Bonchev–Trinajstić information content (AvgIpc) is 2.55. The third-order valence-corrected chi connectivity index (χ3v) is 5.17. The fourth-order valence-corrected chi connectivity index (χ4v) is 3.71. The molecule has 1 N–H and O–H groups in total. The molecule has 0 radical (unpaired) electrons. The van der Waals surface area contributed by atoms with Gasteiger partial charge >= 0.3 is 0 Å². The van der Waals surface area contributed by atoms with E-state index in [9.17, 15) is 22.0 Å². The number of nitrogens with zero attached hydrogens (tertiary/aromatic N) is 1. The smallest absolute Gasteiger partial charge is 0.245 e. The number of para-hydroxylation sites is 2. The number of hydrogen-bond acceptors (Lipinski definition) is 3. The SMILES string of the molecule is Cc1cccc(C(C)C)c1N(CC(=O)Nc1c(F)cccc1F)S(C)(=O)=O. The van der Waals surface area contributed by atoms with E-state index in [4.69, 9.17) is 0 Å². The predicted octanol–water partition coefficient (Wildman–Crippen LogP) is 3.80. The molecule has 0 fully saturated rings. The largest absolute Gasteiger partial charge is 0.320 e. The van der Waals surface area contributed by atoms with Crippen LogP contribution in [0, 0.1) is 18.6 Å². The van der Waals surface area contributed by atoms with Gasteiger partial charge in [-0.3, -0.25) is 9.10 Å². The van der Waals surface area contributed by atoms with Gasteiger partial charge in [-0.1, -0.05) is 38.1 Å². The summed E-state index contributed by atoms with van der Waals surface area (Å²) in [5.74, 6) is -2.71. The highest BCUT2D eigenvalue weighted by molar-refractivity contribution is 7.92. The lowest BCUT2D eigenvalue weighted by Crippen LogP contribution is -2.38. The Labute approximate surface area is 158 Å². The highest BCUT2D eigenvalue weighted by Gasteiger charge is 2.26. The number of anilines is 2. The number of aryl methyl sites for hydroxylation is 1. The van der Waals surface area contributed by atoms with Crippen molar-refractivity contribution in [1.29, 1.82) is 0 Å². The van der Waals surface area contributed by atoms with Crippen LogP contribution in [0.5, 0.6) is 0 Å². The van der Waals surface area contributed by atoms with E-state index in [0.29, 0.717) is 11.3 Å². The van der Waals surface area contributed by atoms with Gasteiger partial charge in [0, 0.05) is 0 Å². The van der Waals surface area contributed by atoms with E-state index >= 15 is 0 Å². The normalized spacial score (nSPS) is 11.5. The van der Waals surface area contributed by atoms with Gasteiger partial charge in [0.2, 0.25) is 15.9 Å². The van der Waals surface area contributed by atoms with Gasteiger partial charge < -0.3 is 5.32 Å². The Hall–Kier alpha value is -2.48. The molecule has 0 bridgehead atoms. The first-order chi connectivity index (χ1) is 12.5. The summed E-state index contributed by atoms with van der Waals surface area (Å²) in [7, 11) is -3.82. The third-order valence-electron chi connectivity index (χ3n) is 4.06. The van der Waals surface area contributed by atoms with Crippen molar-refractivity contribution >= 4 is 27.3 Å². The van der Waals surface area contributed by atoms with Gasteiger partial charge in [-0.2, -0.15) is 0 Å². The maximum absolute atomic E-state index is 13.8. The number of amides is 1. The molecular formula is C19H22F2N2O3S. The van der Waals surface area contributed by atoms with Crippen molar-refractivity contribution in [2.45, 2.75) is 26.7 Å². The Balaban J connectivity index is 2.42. The van der Waals surface area contributed by atoms with Crippen LogP contribution in [0.1, 0.15) is 30.9 Å². The second kappa shape index (κ2) is 8.04. The molecule has 1 amide bonds. The predicted molar refractivity (Wildman–Crippen MR) is 102 cm³/mol. The number of benzene rings is 2. The minimum Gasteiger partial charge on any atom is -0.320 e. The summed E-state index contributed by atoms with van der Waals surface area (Å²) in [5, 5.41) is 2.12. The van der Waals surface area contributed by atoms with Crippen molar-refractivity contribution < 1.29 is 22.0 Å². The Morgan fingerprint density at radius 3 is 2.19 bits per heavy atom. The summed E-state index contributed by atoms with van der Waals surface area (Å²) in [6, 6.07) is 8.53. The van der Waals surface area contributed by atoms with E-state index in [-0.39, 0.29) is 5.92 Å². The number of carbonyl (C=O) groups excluding carboxylic acids is 1. The summed E-state index contributed by atoms with van der Waals surface area (Å²) in [6.45, 7) is 4.96. The zero-order valence-electron chi connectivity index (χ0n) is 15.6. The lowest BCUT2D eigenvalue weighted by molar-refractivity contribution is -0.114. The standard InChI is InChI=1S/C19H22F2N2O3S/c1-12(2)14-8-5-7-13(3)19(14)23(27(4,25)26)11-17(24)22-18-15(20)9-6-10-16(18)21/h5-10,12H,11H2,1-4H3,(H,22,24). The van der Waals surface area contributed by atoms with E-state index in [1.165, 1.54) is 6.07 Å². The van der Waals surface area contributed by atoms with Crippen molar-refractivity contribution in [3.05, 3.63) is 59.2 Å². The van der Waals surface area contributed by atoms with Crippen LogP contribution in [0.15, 0.2) is 36.4 Å². The molecule has 0 unspecified atom stereocenters. The van der Waals surface area contributed by atoms with Crippen molar-refractivity contribution in [2.75, 3.05) is 22.4 Å². The van der Waals surface area contributed by atoms with Gasteiger partial charge in [-0.15, -0.1) is 0 Å². The first-order valence-electron chi connectivity index (χ1n) is 8.33. The van der Waals surface area contributed by atoms with Crippen LogP contribution in [0.25, 0.3) is 0 Å². The van der Waals surface area contributed by atoms with E-state index in [0.717, 1.165) is 28.3 Å². The highest BCUT2D eigenvalue weighted by atomic mass is 32.2. The Morgan fingerprint density at radius 2 is 1.67 bits per heavy atom. The van der Waals surface area contributed by atoms with Crippen LogP contribution in [0.2, 0.25) is 0 Å². The summed E-state index contributed by atoms with van der Waals surface area (Å²) < 4.78 is 53.2. The van der Waals surface area contributed by atoms with E-state index < -0.39 is 39.8 Å². The third kappa shape index (κ3) is 4.82. The van der Waals surface area contributed by atoms with Crippen LogP contribution in [-0.4, -0.2) is 27.1 Å².